The molecule has 0 aliphatic rings. The van der Waals surface area contributed by atoms with Crippen LogP contribution in [0.15, 0.2) is 48.5 Å². The van der Waals surface area contributed by atoms with E-state index in [0.29, 0.717) is 17.3 Å². The van der Waals surface area contributed by atoms with Crippen molar-refractivity contribution in [3.05, 3.63) is 59.1 Å². The van der Waals surface area contributed by atoms with Crippen molar-refractivity contribution in [1.29, 1.82) is 0 Å². The second kappa shape index (κ2) is 6.11. The van der Waals surface area contributed by atoms with E-state index in [0.717, 1.165) is 5.56 Å². The smallest absolute Gasteiger partial charge is 0.319 e. The van der Waals surface area contributed by atoms with Crippen molar-refractivity contribution in [3.63, 3.8) is 0 Å². The van der Waals surface area contributed by atoms with Crippen molar-refractivity contribution in [1.82, 2.24) is 5.32 Å². The van der Waals surface area contributed by atoms with Crippen LogP contribution in [0.5, 0.6) is 5.75 Å². The van der Waals surface area contributed by atoms with Crippen molar-refractivity contribution >= 4 is 23.3 Å². The summed E-state index contributed by atoms with van der Waals surface area (Å²) in [5.41, 5.74) is 1.54. The van der Waals surface area contributed by atoms with Crippen molar-refractivity contribution in [2.24, 2.45) is 0 Å². The number of phenolic OH excluding ortho intramolecular Hbond substituents is 1. The van der Waals surface area contributed by atoms with Crippen molar-refractivity contribution < 1.29 is 9.90 Å². The molecule has 0 unspecified atom stereocenters. The summed E-state index contributed by atoms with van der Waals surface area (Å²) in [6, 6.07) is 13.2. The van der Waals surface area contributed by atoms with Gasteiger partial charge in [-0.1, -0.05) is 23.7 Å². The first kappa shape index (κ1) is 13.2. The molecule has 2 amide bonds. The molecular weight excluding hydrogens is 264 g/mol. The maximum Gasteiger partial charge on any atom is 0.319 e. The Hall–Kier alpha value is -2.20. The number of nitrogens with one attached hydrogen (secondary N) is 2. The number of anilines is 1. The van der Waals surface area contributed by atoms with Crippen LogP contribution in [0.3, 0.4) is 0 Å². The lowest BCUT2D eigenvalue weighted by atomic mass is 10.2. The summed E-state index contributed by atoms with van der Waals surface area (Å²) in [5, 5.41) is 15.1. The van der Waals surface area contributed by atoms with Gasteiger partial charge in [-0.05, 0) is 42.0 Å². The van der Waals surface area contributed by atoms with Crippen LogP contribution >= 0.6 is 11.6 Å². The second-order valence-corrected chi connectivity index (χ2v) is 4.42. The maximum atomic E-state index is 11.6. The molecule has 0 spiro atoms. The first-order valence-corrected chi connectivity index (χ1v) is 6.09. The van der Waals surface area contributed by atoms with Crippen LogP contribution in [-0.2, 0) is 6.54 Å². The van der Waals surface area contributed by atoms with E-state index in [4.69, 9.17) is 16.7 Å². The van der Waals surface area contributed by atoms with Gasteiger partial charge in [0.25, 0.3) is 0 Å². The van der Waals surface area contributed by atoms with Crippen LogP contribution in [0.4, 0.5) is 10.5 Å². The Morgan fingerprint density at radius 2 is 1.89 bits per heavy atom. The third-order valence-electron chi connectivity index (χ3n) is 2.47. The Balaban J connectivity index is 1.86. The second-order valence-electron chi connectivity index (χ2n) is 3.98. The molecule has 0 bridgehead atoms. The fraction of sp³-hybridized carbons (Fsp3) is 0.0714. The van der Waals surface area contributed by atoms with Gasteiger partial charge in [-0.3, -0.25) is 0 Å². The van der Waals surface area contributed by atoms with Gasteiger partial charge in [0.1, 0.15) is 5.75 Å². The monoisotopic (exact) mass is 276 g/mol. The predicted octanol–water partition coefficient (Wildman–Crippen LogP) is 3.37. The highest BCUT2D eigenvalue weighted by Gasteiger charge is 2.02. The Labute approximate surface area is 116 Å². The molecule has 0 radical (unpaired) electrons. The number of benzene rings is 2. The summed E-state index contributed by atoms with van der Waals surface area (Å²) < 4.78 is 0. The van der Waals surface area contributed by atoms with E-state index in [1.165, 1.54) is 12.1 Å². The summed E-state index contributed by atoms with van der Waals surface area (Å²) in [7, 11) is 0. The lowest BCUT2D eigenvalue weighted by molar-refractivity contribution is 0.251. The standard InChI is InChI=1S/C14H13ClN2O2/c15-11-3-1-2-10(8-11)9-16-14(19)17-12-4-6-13(18)7-5-12/h1-8,18H,9H2,(H2,16,17,19). The number of amides is 2. The molecule has 3 N–H and O–H groups in total. The SMILES string of the molecule is O=C(NCc1cccc(Cl)c1)Nc1ccc(O)cc1. The Kier molecular flexibility index (Phi) is 4.26. The molecule has 0 saturated carbocycles. The quantitative estimate of drug-likeness (QED) is 0.753. The van der Waals surface area contributed by atoms with Crippen molar-refractivity contribution in [3.8, 4) is 5.75 Å². The predicted molar refractivity (Wildman–Crippen MR) is 75.4 cm³/mol. The van der Waals surface area contributed by atoms with Gasteiger partial charge in [-0.25, -0.2) is 4.79 Å². The molecule has 0 heterocycles. The zero-order valence-electron chi connectivity index (χ0n) is 10.1. The number of urea groups is 1. The molecule has 2 aromatic rings. The van der Waals surface area contributed by atoms with E-state index < -0.39 is 0 Å². The van der Waals surface area contributed by atoms with Gasteiger partial charge >= 0.3 is 6.03 Å². The molecule has 4 nitrogen and oxygen atoms in total. The number of rotatable bonds is 3. The Morgan fingerprint density at radius 3 is 2.58 bits per heavy atom. The summed E-state index contributed by atoms with van der Waals surface area (Å²) in [6.07, 6.45) is 0. The molecule has 98 valence electrons. The minimum atomic E-state index is -0.314. The van der Waals surface area contributed by atoms with Crippen LogP contribution in [0.2, 0.25) is 5.02 Å². The topological polar surface area (TPSA) is 61.4 Å². The number of hydrogen-bond acceptors (Lipinski definition) is 2. The molecule has 19 heavy (non-hydrogen) atoms. The van der Waals surface area contributed by atoms with Crippen LogP contribution in [0.1, 0.15) is 5.56 Å². The van der Waals surface area contributed by atoms with E-state index in [1.807, 2.05) is 12.1 Å². The van der Waals surface area contributed by atoms with Crippen molar-refractivity contribution in [2.45, 2.75) is 6.54 Å². The summed E-state index contributed by atoms with van der Waals surface area (Å²) in [5.74, 6) is 0.157. The third-order valence-corrected chi connectivity index (χ3v) is 2.70. The Morgan fingerprint density at radius 1 is 1.16 bits per heavy atom. The summed E-state index contributed by atoms with van der Waals surface area (Å²) >= 11 is 5.85. The van der Waals surface area contributed by atoms with E-state index in [9.17, 15) is 4.79 Å². The Bertz CT molecular complexity index is 570. The number of hydrogen-bond donors (Lipinski definition) is 3. The summed E-state index contributed by atoms with van der Waals surface area (Å²) in [6.45, 7) is 0.393. The fourth-order valence-electron chi connectivity index (χ4n) is 1.55. The lowest BCUT2D eigenvalue weighted by Crippen LogP contribution is -2.28. The molecule has 0 aliphatic heterocycles. The fourth-order valence-corrected chi connectivity index (χ4v) is 1.76. The van der Waals surface area contributed by atoms with Gasteiger partial charge in [0.05, 0.1) is 0 Å². The minimum Gasteiger partial charge on any atom is -0.508 e. The van der Waals surface area contributed by atoms with Crippen LogP contribution in [-0.4, -0.2) is 11.1 Å². The lowest BCUT2D eigenvalue weighted by Gasteiger charge is -2.08. The molecular formula is C14H13ClN2O2. The van der Waals surface area contributed by atoms with Gasteiger partial charge in [0.15, 0.2) is 0 Å². The molecule has 2 rings (SSSR count). The molecule has 2 aromatic carbocycles. The number of carbonyl (C=O) groups excluding carboxylic acids is 1. The molecule has 5 heteroatoms. The van der Waals surface area contributed by atoms with Crippen molar-refractivity contribution in [2.75, 3.05) is 5.32 Å². The van der Waals surface area contributed by atoms with Crippen LogP contribution < -0.4 is 10.6 Å². The van der Waals surface area contributed by atoms with E-state index in [2.05, 4.69) is 10.6 Å². The molecule has 0 saturated heterocycles. The number of phenols is 1. The highest BCUT2D eigenvalue weighted by atomic mass is 35.5. The average Bonchev–Trinajstić information content (AvgIpc) is 2.39. The average molecular weight is 277 g/mol. The van der Waals surface area contributed by atoms with E-state index >= 15 is 0 Å². The molecule has 0 fully saturated rings. The van der Waals surface area contributed by atoms with Gasteiger partial charge < -0.3 is 15.7 Å². The normalized spacial score (nSPS) is 9.95. The molecule has 0 aromatic heterocycles. The number of halogens is 1. The van der Waals surface area contributed by atoms with Crippen LogP contribution in [0.25, 0.3) is 0 Å². The largest absolute Gasteiger partial charge is 0.508 e. The van der Waals surface area contributed by atoms with Gasteiger partial charge in [-0.2, -0.15) is 0 Å². The van der Waals surface area contributed by atoms with Gasteiger partial charge in [-0.15, -0.1) is 0 Å². The number of carbonyl (C=O) groups is 1. The van der Waals surface area contributed by atoms with Gasteiger partial charge in [0.2, 0.25) is 0 Å². The zero-order valence-corrected chi connectivity index (χ0v) is 10.8. The highest BCUT2D eigenvalue weighted by molar-refractivity contribution is 6.30. The third kappa shape index (κ3) is 4.19. The molecule has 0 aliphatic carbocycles. The maximum absolute atomic E-state index is 11.6. The minimum absolute atomic E-state index is 0.157. The van der Waals surface area contributed by atoms with Crippen LogP contribution in [0, 0.1) is 0 Å². The first-order valence-electron chi connectivity index (χ1n) is 5.72. The van der Waals surface area contributed by atoms with E-state index in [-0.39, 0.29) is 11.8 Å². The van der Waals surface area contributed by atoms with Gasteiger partial charge in [0, 0.05) is 17.3 Å². The highest BCUT2D eigenvalue weighted by Crippen LogP contribution is 2.13. The zero-order chi connectivity index (χ0) is 13.7. The number of aromatic hydroxyl groups is 1. The first-order chi connectivity index (χ1) is 9.13. The summed E-state index contributed by atoms with van der Waals surface area (Å²) in [4.78, 5) is 11.6. The molecule has 0 atom stereocenters. The van der Waals surface area contributed by atoms with E-state index in [1.54, 1.807) is 24.3 Å².